The smallest absolute Gasteiger partial charge is 0.246 e. The van der Waals surface area contributed by atoms with E-state index in [9.17, 15) is 4.79 Å². The first kappa shape index (κ1) is 21.4. The zero-order valence-electron chi connectivity index (χ0n) is 18.4. The van der Waals surface area contributed by atoms with Crippen LogP contribution in [-0.4, -0.2) is 51.4 Å². The molecule has 1 saturated heterocycles. The van der Waals surface area contributed by atoms with Crippen LogP contribution in [0.25, 0.3) is 27.2 Å². The lowest BCUT2D eigenvalue weighted by molar-refractivity contribution is -0.127. The van der Waals surface area contributed by atoms with Crippen LogP contribution in [0.5, 0.6) is 0 Å². The summed E-state index contributed by atoms with van der Waals surface area (Å²) in [6, 6.07) is 18.5. The van der Waals surface area contributed by atoms with Crippen LogP contribution in [0, 0.1) is 11.3 Å². The van der Waals surface area contributed by atoms with Gasteiger partial charge in [0.05, 0.1) is 29.3 Å². The fraction of sp³-hybridized carbons (Fsp3) is 0.269. The number of amides is 1. The first-order chi connectivity index (χ1) is 16.2. The SMILES string of the molecule is N#CCCn1cc(C=CC(=O)N2CCN(Cc3nc4ccccc4s3)CC2)c2ccccc21. The van der Waals surface area contributed by atoms with Crippen molar-refractivity contribution in [3.05, 3.63) is 71.4 Å². The fourth-order valence-electron chi connectivity index (χ4n) is 4.34. The molecule has 0 spiro atoms. The molecule has 0 saturated carbocycles. The molecule has 2 aromatic heterocycles. The largest absolute Gasteiger partial charge is 0.346 e. The Morgan fingerprint density at radius 2 is 1.88 bits per heavy atom. The second-order valence-corrected chi connectivity index (χ2v) is 9.33. The summed E-state index contributed by atoms with van der Waals surface area (Å²) < 4.78 is 3.31. The van der Waals surface area contributed by atoms with E-state index in [2.05, 4.69) is 39.8 Å². The van der Waals surface area contributed by atoms with Gasteiger partial charge in [0.2, 0.25) is 5.91 Å². The lowest BCUT2D eigenvalue weighted by Gasteiger charge is -2.33. The van der Waals surface area contributed by atoms with Crippen molar-refractivity contribution in [2.75, 3.05) is 26.2 Å². The standard InChI is InChI=1S/C26H25N5OS/c27-12-5-13-31-18-20(21-6-1-3-8-23(21)31)10-11-26(32)30-16-14-29(15-17-30)19-25-28-22-7-2-4-9-24(22)33-25/h1-4,6-11,18H,5,13-17,19H2. The Balaban J connectivity index is 1.20. The Hall–Kier alpha value is -3.47. The quantitative estimate of drug-likeness (QED) is 0.401. The molecule has 0 radical (unpaired) electrons. The summed E-state index contributed by atoms with van der Waals surface area (Å²) in [6.07, 6.45) is 6.07. The Bertz CT molecular complexity index is 1320. The number of para-hydroxylation sites is 2. The molecule has 1 aliphatic heterocycles. The van der Waals surface area contributed by atoms with Gasteiger partial charge in [-0.05, 0) is 24.3 Å². The number of carbonyl (C=O) groups is 1. The predicted octanol–water partition coefficient (Wildman–Crippen LogP) is 4.52. The third-order valence-corrected chi connectivity index (χ3v) is 7.09. The van der Waals surface area contributed by atoms with Crippen LogP contribution in [0.4, 0.5) is 0 Å². The highest BCUT2D eigenvalue weighted by Crippen LogP contribution is 2.24. The van der Waals surface area contributed by atoms with Crippen molar-refractivity contribution in [2.45, 2.75) is 19.5 Å². The number of hydrogen-bond donors (Lipinski definition) is 0. The maximum Gasteiger partial charge on any atom is 0.246 e. The number of thiazole rings is 1. The topological polar surface area (TPSA) is 65.2 Å². The molecule has 4 aromatic rings. The highest BCUT2D eigenvalue weighted by atomic mass is 32.1. The number of aryl methyl sites for hydroxylation is 1. The van der Waals surface area contributed by atoms with Crippen molar-refractivity contribution in [1.82, 2.24) is 19.4 Å². The minimum atomic E-state index is 0.0449. The summed E-state index contributed by atoms with van der Waals surface area (Å²) >= 11 is 1.75. The van der Waals surface area contributed by atoms with Crippen molar-refractivity contribution in [3.63, 3.8) is 0 Å². The number of fused-ring (bicyclic) bond motifs is 2. The van der Waals surface area contributed by atoms with Gasteiger partial charge in [-0.2, -0.15) is 5.26 Å². The number of benzene rings is 2. The number of nitriles is 1. The minimum absolute atomic E-state index is 0.0449. The minimum Gasteiger partial charge on any atom is -0.346 e. The van der Waals surface area contributed by atoms with Crippen molar-refractivity contribution in [3.8, 4) is 6.07 Å². The van der Waals surface area contributed by atoms with E-state index in [4.69, 9.17) is 10.2 Å². The summed E-state index contributed by atoms with van der Waals surface area (Å²) in [4.78, 5) is 21.8. The molecule has 2 aromatic carbocycles. The Labute approximate surface area is 197 Å². The maximum atomic E-state index is 12.8. The van der Waals surface area contributed by atoms with E-state index in [0.29, 0.717) is 13.0 Å². The van der Waals surface area contributed by atoms with Crippen molar-refractivity contribution >= 4 is 44.4 Å². The third kappa shape index (κ3) is 4.68. The number of piperazine rings is 1. The maximum absolute atomic E-state index is 12.8. The van der Waals surface area contributed by atoms with Crippen LogP contribution in [0.1, 0.15) is 17.0 Å². The van der Waals surface area contributed by atoms with Gasteiger partial charge >= 0.3 is 0 Å². The fourth-order valence-corrected chi connectivity index (χ4v) is 5.34. The second-order valence-electron chi connectivity index (χ2n) is 8.21. The molecular formula is C26H25N5OS. The van der Waals surface area contributed by atoms with E-state index in [1.807, 2.05) is 41.4 Å². The van der Waals surface area contributed by atoms with Crippen molar-refractivity contribution in [2.24, 2.45) is 0 Å². The van der Waals surface area contributed by atoms with Crippen molar-refractivity contribution in [1.29, 1.82) is 5.26 Å². The molecule has 33 heavy (non-hydrogen) atoms. The summed E-state index contributed by atoms with van der Waals surface area (Å²) in [7, 11) is 0. The van der Waals surface area contributed by atoms with Gasteiger partial charge in [0.1, 0.15) is 5.01 Å². The van der Waals surface area contributed by atoms with Gasteiger partial charge < -0.3 is 9.47 Å². The average molecular weight is 456 g/mol. The molecule has 5 rings (SSSR count). The number of carbonyl (C=O) groups excluding carboxylic acids is 1. The molecule has 0 aliphatic carbocycles. The molecule has 7 heteroatoms. The number of nitrogens with zero attached hydrogens (tertiary/aromatic N) is 5. The van der Waals surface area contributed by atoms with Crippen LogP contribution in [-0.2, 0) is 17.9 Å². The van der Waals surface area contributed by atoms with Gasteiger partial charge in [0.25, 0.3) is 0 Å². The first-order valence-corrected chi connectivity index (χ1v) is 12.0. The number of rotatable bonds is 6. The Morgan fingerprint density at radius 1 is 1.09 bits per heavy atom. The molecule has 6 nitrogen and oxygen atoms in total. The summed E-state index contributed by atoms with van der Waals surface area (Å²) in [6.45, 7) is 4.62. The zero-order valence-corrected chi connectivity index (χ0v) is 19.2. The first-order valence-electron chi connectivity index (χ1n) is 11.2. The predicted molar refractivity (Wildman–Crippen MR) is 133 cm³/mol. The highest BCUT2D eigenvalue weighted by molar-refractivity contribution is 7.18. The van der Waals surface area contributed by atoms with E-state index >= 15 is 0 Å². The van der Waals surface area contributed by atoms with Crippen LogP contribution < -0.4 is 0 Å². The summed E-state index contributed by atoms with van der Waals surface area (Å²) in [5, 5.41) is 11.2. The monoisotopic (exact) mass is 455 g/mol. The van der Waals surface area contributed by atoms with E-state index < -0.39 is 0 Å². The van der Waals surface area contributed by atoms with Crippen molar-refractivity contribution < 1.29 is 4.79 Å². The molecule has 1 amide bonds. The molecule has 0 unspecified atom stereocenters. The molecule has 1 aliphatic rings. The lowest BCUT2D eigenvalue weighted by atomic mass is 10.1. The van der Waals surface area contributed by atoms with Gasteiger partial charge in [-0.15, -0.1) is 11.3 Å². The summed E-state index contributed by atoms with van der Waals surface area (Å²) in [5.74, 6) is 0.0449. The lowest BCUT2D eigenvalue weighted by Crippen LogP contribution is -2.47. The van der Waals surface area contributed by atoms with Crippen LogP contribution in [0.2, 0.25) is 0 Å². The van der Waals surface area contributed by atoms with Gasteiger partial charge in [0, 0.05) is 61.5 Å². The molecule has 1 fully saturated rings. The molecule has 0 atom stereocenters. The highest BCUT2D eigenvalue weighted by Gasteiger charge is 2.20. The Morgan fingerprint density at radius 3 is 2.70 bits per heavy atom. The third-order valence-electron chi connectivity index (χ3n) is 6.07. The van der Waals surface area contributed by atoms with Gasteiger partial charge in [-0.25, -0.2) is 4.98 Å². The molecule has 166 valence electrons. The Kier molecular flexibility index (Phi) is 6.20. The molecule has 0 bridgehead atoms. The van der Waals surface area contributed by atoms with E-state index in [1.54, 1.807) is 17.4 Å². The van der Waals surface area contributed by atoms with E-state index in [-0.39, 0.29) is 5.91 Å². The van der Waals surface area contributed by atoms with Gasteiger partial charge in [0.15, 0.2) is 0 Å². The number of aromatic nitrogens is 2. The van der Waals surface area contributed by atoms with Crippen LogP contribution in [0.15, 0.2) is 60.8 Å². The van der Waals surface area contributed by atoms with E-state index in [1.165, 1.54) is 4.70 Å². The molecule has 3 heterocycles. The average Bonchev–Trinajstić information content (AvgIpc) is 3.42. The van der Waals surface area contributed by atoms with Crippen LogP contribution >= 0.6 is 11.3 Å². The molecular weight excluding hydrogens is 430 g/mol. The second kappa shape index (κ2) is 9.57. The molecule has 0 N–H and O–H groups in total. The van der Waals surface area contributed by atoms with E-state index in [0.717, 1.165) is 59.7 Å². The van der Waals surface area contributed by atoms with Gasteiger partial charge in [-0.3, -0.25) is 9.69 Å². The van der Waals surface area contributed by atoms with Crippen LogP contribution in [0.3, 0.4) is 0 Å². The zero-order chi connectivity index (χ0) is 22.6. The van der Waals surface area contributed by atoms with Gasteiger partial charge in [-0.1, -0.05) is 30.3 Å². The number of hydrogen-bond acceptors (Lipinski definition) is 5. The summed E-state index contributed by atoms with van der Waals surface area (Å²) in [5.41, 5.74) is 3.15. The normalized spacial score (nSPS) is 14.9.